The monoisotopic (exact) mass is 273 g/mol. The van der Waals surface area contributed by atoms with Crippen LogP contribution in [0.5, 0.6) is 11.5 Å². The molecular formula is C15H15NO4. The highest BCUT2D eigenvalue weighted by molar-refractivity contribution is 5.33. The predicted octanol–water partition coefficient (Wildman–Crippen LogP) is 3.22. The highest BCUT2D eigenvalue weighted by atomic mass is 16.6. The molecule has 0 bridgehead atoms. The van der Waals surface area contributed by atoms with E-state index < -0.39 is 4.92 Å². The van der Waals surface area contributed by atoms with Crippen molar-refractivity contribution in [1.82, 2.24) is 0 Å². The summed E-state index contributed by atoms with van der Waals surface area (Å²) in [6, 6.07) is 13.8. The maximum atomic E-state index is 10.5. The Balaban J connectivity index is 1.84. The molecule has 0 aromatic heterocycles. The van der Waals surface area contributed by atoms with Crippen LogP contribution in [0.3, 0.4) is 0 Å². The van der Waals surface area contributed by atoms with E-state index in [0.29, 0.717) is 13.0 Å². The van der Waals surface area contributed by atoms with Gasteiger partial charge in [0, 0.05) is 18.6 Å². The van der Waals surface area contributed by atoms with Crippen LogP contribution in [-0.2, 0) is 6.42 Å². The van der Waals surface area contributed by atoms with Crippen LogP contribution in [0.1, 0.15) is 5.56 Å². The van der Waals surface area contributed by atoms with Gasteiger partial charge in [-0.3, -0.25) is 10.1 Å². The number of non-ortho nitro benzene ring substituents is 1. The van der Waals surface area contributed by atoms with Gasteiger partial charge in [-0.15, -0.1) is 0 Å². The van der Waals surface area contributed by atoms with Crippen molar-refractivity contribution in [3.05, 3.63) is 64.2 Å². The standard InChI is InChI=1S/C15H15NO4/c1-19-14-6-8-15(9-7-14)20-11-10-12-2-4-13(5-3-12)16(17)18/h2-9H,10-11H2,1H3. The predicted molar refractivity (Wildman–Crippen MR) is 75.3 cm³/mol. The molecule has 0 saturated carbocycles. The van der Waals surface area contributed by atoms with E-state index in [1.807, 2.05) is 24.3 Å². The third-order valence-corrected chi connectivity index (χ3v) is 2.87. The molecule has 2 aromatic carbocycles. The van der Waals surface area contributed by atoms with Gasteiger partial charge < -0.3 is 9.47 Å². The number of hydrogen-bond acceptors (Lipinski definition) is 4. The molecular weight excluding hydrogens is 258 g/mol. The van der Waals surface area contributed by atoms with Crippen LogP contribution in [0.4, 0.5) is 5.69 Å². The van der Waals surface area contributed by atoms with Gasteiger partial charge in [0.15, 0.2) is 0 Å². The summed E-state index contributed by atoms with van der Waals surface area (Å²) >= 11 is 0. The van der Waals surface area contributed by atoms with Crippen LogP contribution in [-0.4, -0.2) is 18.6 Å². The van der Waals surface area contributed by atoms with Crippen molar-refractivity contribution in [2.75, 3.05) is 13.7 Å². The Morgan fingerprint density at radius 1 is 1.00 bits per heavy atom. The molecule has 0 saturated heterocycles. The van der Waals surface area contributed by atoms with Gasteiger partial charge in [0.25, 0.3) is 5.69 Å². The maximum Gasteiger partial charge on any atom is 0.269 e. The number of nitro benzene ring substituents is 1. The van der Waals surface area contributed by atoms with Crippen molar-refractivity contribution < 1.29 is 14.4 Å². The summed E-state index contributed by atoms with van der Waals surface area (Å²) in [5.74, 6) is 1.56. The fourth-order valence-corrected chi connectivity index (χ4v) is 1.74. The largest absolute Gasteiger partial charge is 0.497 e. The number of nitro groups is 1. The van der Waals surface area contributed by atoms with Gasteiger partial charge in [-0.2, -0.15) is 0 Å². The third kappa shape index (κ3) is 3.71. The number of methoxy groups -OCH3 is 1. The van der Waals surface area contributed by atoms with E-state index in [9.17, 15) is 10.1 Å². The molecule has 0 N–H and O–H groups in total. The first-order valence-corrected chi connectivity index (χ1v) is 6.19. The molecule has 0 atom stereocenters. The second kappa shape index (κ2) is 6.56. The average Bonchev–Trinajstić information content (AvgIpc) is 2.48. The Kier molecular flexibility index (Phi) is 4.55. The van der Waals surface area contributed by atoms with Crippen molar-refractivity contribution >= 4 is 5.69 Å². The SMILES string of the molecule is COc1ccc(OCCc2ccc([N+](=O)[O-])cc2)cc1. The van der Waals surface area contributed by atoms with E-state index in [0.717, 1.165) is 17.1 Å². The molecule has 5 nitrogen and oxygen atoms in total. The molecule has 5 heteroatoms. The minimum Gasteiger partial charge on any atom is -0.497 e. The lowest BCUT2D eigenvalue weighted by molar-refractivity contribution is -0.384. The molecule has 0 aliphatic carbocycles. The third-order valence-electron chi connectivity index (χ3n) is 2.87. The van der Waals surface area contributed by atoms with Crippen LogP contribution < -0.4 is 9.47 Å². The summed E-state index contributed by atoms with van der Waals surface area (Å²) in [6.45, 7) is 0.518. The number of hydrogen-bond donors (Lipinski definition) is 0. The smallest absolute Gasteiger partial charge is 0.269 e. The van der Waals surface area contributed by atoms with E-state index in [1.54, 1.807) is 19.2 Å². The van der Waals surface area contributed by atoms with E-state index in [2.05, 4.69) is 0 Å². The molecule has 0 radical (unpaired) electrons. The fraction of sp³-hybridized carbons (Fsp3) is 0.200. The minimum absolute atomic E-state index is 0.102. The first-order valence-electron chi connectivity index (χ1n) is 6.19. The van der Waals surface area contributed by atoms with Crippen LogP contribution in [0.25, 0.3) is 0 Å². The molecule has 0 unspecified atom stereocenters. The first-order chi connectivity index (χ1) is 9.69. The Morgan fingerprint density at radius 3 is 2.15 bits per heavy atom. The van der Waals surface area contributed by atoms with Gasteiger partial charge in [0.1, 0.15) is 11.5 Å². The van der Waals surface area contributed by atoms with Gasteiger partial charge >= 0.3 is 0 Å². The second-order valence-corrected chi connectivity index (χ2v) is 4.20. The second-order valence-electron chi connectivity index (χ2n) is 4.20. The van der Waals surface area contributed by atoms with E-state index in [4.69, 9.17) is 9.47 Å². The maximum absolute atomic E-state index is 10.5. The van der Waals surface area contributed by atoms with Crippen molar-refractivity contribution in [3.8, 4) is 11.5 Å². The van der Waals surface area contributed by atoms with Gasteiger partial charge in [0.05, 0.1) is 18.6 Å². The molecule has 0 spiro atoms. The zero-order chi connectivity index (χ0) is 14.4. The Labute approximate surface area is 116 Å². The summed E-state index contributed by atoms with van der Waals surface area (Å²) in [5, 5.41) is 10.5. The first kappa shape index (κ1) is 13.9. The molecule has 2 rings (SSSR count). The van der Waals surface area contributed by atoms with Crippen LogP contribution in [0.15, 0.2) is 48.5 Å². The topological polar surface area (TPSA) is 61.6 Å². The molecule has 104 valence electrons. The van der Waals surface area contributed by atoms with E-state index in [-0.39, 0.29) is 5.69 Å². The highest BCUT2D eigenvalue weighted by Gasteiger charge is 2.04. The van der Waals surface area contributed by atoms with Gasteiger partial charge in [0.2, 0.25) is 0 Å². The van der Waals surface area contributed by atoms with Crippen LogP contribution in [0, 0.1) is 10.1 Å². The van der Waals surface area contributed by atoms with Crippen molar-refractivity contribution in [2.45, 2.75) is 6.42 Å². The van der Waals surface area contributed by atoms with Gasteiger partial charge in [-0.1, -0.05) is 12.1 Å². The number of rotatable bonds is 6. The molecule has 0 aliphatic rings. The Bertz CT molecular complexity index is 563. The normalized spacial score (nSPS) is 10.1. The van der Waals surface area contributed by atoms with Crippen molar-refractivity contribution in [3.63, 3.8) is 0 Å². The summed E-state index contributed by atoms with van der Waals surface area (Å²) in [5.41, 5.74) is 1.11. The summed E-state index contributed by atoms with van der Waals surface area (Å²) < 4.78 is 10.7. The molecule has 0 aliphatic heterocycles. The van der Waals surface area contributed by atoms with E-state index in [1.165, 1.54) is 12.1 Å². The summed E-state index contributed by atoms with van der Waals surface area (Å²) in [6.07, 6.45) is 0.698. The summed E-state index contributed by atoms with van der Waals surface area (Å²) in [7, 11) is 1.62. The lowest BCUT2D eigenvalue weighted by Gasteiger charge is -2.07. The highest BCUT2D eigenvalue weighted by Crippen LogP contribution is 2.17. The number of ether oxygens (including phenoxy) is 2. The van der Waals surface area contributed by atoms with Crippen molar-refractivity contribution in [2.24, 2.45) is 0 Å². The quantitative estimate of drug-likeness (QED) is 0.599. The number of nitrogens with zero attached hydrogens (tertiary/aromatic N) is 1. The van der Waals surface area contributed by atoms with Gasteiger partial charge in [-0.25, -0.2) is 0 Å². The minimum atomic E-state index is -0.405. The zero-order valence-corrected chi connectivity index (χ0v) is 11.1. The zero-order valence-electron chi connectivity index (χ0n) is 11.1. The molecule has 2 aromatic rings. The van der Waals surface area contributed by atoms with Crippen molar-refractivity contribution in [1.29, 1.82) is 0 Å². The van der Waals surface area contributed by atoms with Crippen LogP contribution in [0.2, 0.25) is 0 Å². The number of benzene rings is 2. The van der Waals surface area contributed by atoms with Crippen LogP contribution >= 0.6 is 0 Å². The summed E-state index contributed by atoms with van der Waals surface area (Å²) in [4.78, 5) is 10.1. The molecule has 0 fully saturated rings. The van der Waals surface area contributed by atoms with Gasteiger partial charge in [-0.05, 0) is 29.8 Å². The van der Waals surface area contributed by atoms with E-state index >= 15 is 0 Å². The lowest BCUT2D eigenvalue weighted by Crippen LogP contribution is -2.01. The molecule has 0 heterocycles. The Hall–Kier alpha value is -2.56. The fourth-order valence-electron chi connectivity index (χ4n) is 1.74. The molecule has 20 heavy (non-hydrogen) atoms. The Morgan fingerprint density at radius 2 is 1.60 bits per heavy atom. The molecule has 0 amide bonds. The average molecular weight is 273 g/mol. The lowest BCUT2D eigenvalue weighted by atomic mass is 10.1.